The van der Waals surface area contributed by atoms with Crippen molar-refractivity contribution in [3.05, 3.63) is 58.0 Å². The van der Waals surface area contributed by atoms with E-state index in [0.29, 0.717) is 17.3 Å². The van der Waals surface area contributed by atoms with E-state index in [4.69, 9.17) is 4.74 Å². The number of ether oxygens (including phenoxy) is 1. The summed E-state index contributed by atoms with van der Waals surface area (Å²) in [6.45, 7) is 5.41. The average molecular weight is 414 g/mol. The summed E-state index contributed by atoms with van der Waals surface area (Å²) in [5.41, 5.74) is 1.67. The molecule has 0 unspecified atom stereocenters. The highest BCUT2D eigenvalue weighted by Crippen LogP contribution is 2.27. The molecule has 0 spiro atoms. The van der Waals surface area contributed by atoms with Crippen LogP contribution in [-0.4, -0.2) is 30.8 Å². The Kier molecular flexibility index (Phi) is 5.45. The van der Waals surface area contributed by atoms with E-state index in [9.17, 15) is 4.79 Å². The third-order valence-corrected chi connectivity index (χ3v) is 5.92. The van der Waals surface area contributed by atoms with Crippen molar-refractivity contribution >= 4 is 28.1 Å². The summed E-state index contributed by atoms with van der Waals surface area (Å²) in [4.78, 5) is 17.4. The number of hydrogen-bond acceptors (Lipinski definition) is 7. The second-order valence-corrected chi connectivity index (χ2v) is 7.75. The van der Waals surface area contributed by atoms with Crippen LogP contribution in [0.5, 0.6) is 5.75 Å². The molecule has 9 heteroatoms. The van der Waals surface area contributed by atoms with Gasteiger partial charge in [0.25, 0.3) is 5.56 Å². The molecule has 0 fully saturated rings. The van der Waals surface area contributed by atoms with Crippen molar-refractivity contribution in [2.45, 2.75) is 31.3 Å². The summed E-state index contributed by atoms with van der Waals surface area (Å²) in [6.07, 6.45) is 1.74. The zero-order chi connectivity index (χ0) is 19.5. The van der Waals surface area contributed by atoms with Crippen LogP contribution >= 0.6 is 23.1 Å². The van der Waals surface area contributed by atoms with E-state index < -0.39 is 0 Å². The summed E-state index contributed by atoms with van der Waals surface area (Å²) in [7, 11) is 0. The normalized spacial score (nSPS) is 11.2. The van der Waals surface area contributed by atoms with Crippen LogP contribution in [0.15, 0.2) is 51.9 Å². The van der Waals surface area contributed by atoms with Crippen molar-refractivity contribution < 1.29 is 4.74 Å². The number of benzene rings is 1. The summed E-state index contributed by atoms with van der Waals surface area (Å²) in [5.74, 6) is 2.21. The molecule has 0 aliphatic rings. The molecule has 144 valence electrons. The Bertz CT molecular complexity index is 1150. The molecule has 0 aliphatic heterocycles. The molecule has 0 amide bonds. The van der Waals surface area contributed by atoms with Crippen molar-refractivity contribution in [3.8, 4) is 17.1 Å². The SMILES string of the molecule is CCOc1ccc(-c2nnc(SCc3cc(=O)n4ccsc4n3)n2CC)cc1. The van der Waals surface area contributed by atoms with Crippen molar-refractivity contribution in [2.24, 2.45) is 0 Å². The predicted molar refractivity (Wildman–Crippen MR) is 111 cm³/mol. The van der Waals surface area contributed by atoms with Gasteiger partial charge < -0.3 is 9.30 Å². The zero-order valence-electron chi connectivity index (χ0n) is 15.5. The Morgan fingerprint density at radius 2 is 2.00 bits per heavy atom. The fraction of sp³-hybridized carbons (Fsp3) is 0.263. The Hall–Kier alpha value is -2.65. The van der Waals surface area contributed by atoms with Gasteiger partial charge in [-0.1, -0.05) is 11.8 Å². The molecule has 0 radical (unpaired) electrons. The minimum absolute atomic E-state index is 0.0612. The lowest BCUT2D eigenvalue weighted by Gasteiger charge is -2.08. The lowest BCUT2D eigenvalue weighted by Crippen LogP contribution is -2.12. The highest BCUT2D eigenvalue weighted by atomic mass is 32.2. The first-order chi connectivity index (χ1) is 13.7. The second kappa shape index (κ2) is 8.15. The molecule has 4 rings (SSSR count). The van der Waals surface area contributed by atoms with Crippen LogP contribution in [0.3, 0.4) is 0 Å². The lowest BCUT2D eigenvalue weighted by molar-refractivity contribution is 0.340. The molecule has 1 aromatic carbocycles. The molecule has 4 aromatic rings. The van der Waals surface area contributed by atoms with Crippen LogP contribution in [-0.2, 0) is 12.3 Å². The van der Waals surface area contributed by atoms with Gasteiger partial charge in [-0.3, -0.25) is 9.20 Å². The van der Waals surface area contributed by atoms with E-state index in [1.165, 1.54) is 23.1 Å². The summed E-state index contributed by atoms with van der Waals surface area (Å²) >= 11 is 2.98. The second-order valence-electron chi connectivity index (χ2n) is 5.94. The van der Waals surface area contributed by atoms with Crippen LogP contribution in [0.25, 0.3) is 16.3 Å². The molecule has 3 heterocycles. The van der Waals surface area contributed by atoms with Gasteiger partial charge in [-0.05, 0) is 38.1 Å². The van der Waals surface area contributed by atoms with Gasteiger partial charge in [0.05, 0.1) is 12.3 Å². The van der Waals surface area contributed by atoms with Crippen molar-refractivity contribution in [1.29, 1.82) is 0 Å². The number of aromatic nitrogens is 5. The third-order valence-electron chi connectivity index (χ3n) is 4.16. The molecule has 0 N–H and O–H groups in total. The fourth-order valence-electron chi connectivity index (χ4n) is 2.86. The van der Waals surface area contributed by atoms with Gasteiger partial charge in [0, 0.05) is 35.5 Å². The van der Waals surface area contributed by atoms with Crippen molar-refractivity contribution in [1.82, 2.24) is 24.1 Å². The van der Waals surface area contributed by atoms with E-state index >= 15 is 0 Å². The predicted octanol–water partition coefficient (Wildman–Crippen LogP) is 3.73. The lowest BCUT2D eigenvalue weighted by atomic mass is 10.2. The van der Waals surface area contributed by atoms with Crippen LogP contribution in [0.2, 0.25) is 0 Å². The minimum atomic E-state index is -0.0612. The fourth-order valence-corrected chi connectivity index (χ4v) is 4.49. The van der Waals surface area contributed by atoms with Gasteiger partial charge in [0.2, 0.25) is 0 Å². The molecule has 0 saturated carbocycles. The Morgan fingerprint density at radius 1 is 1.18 bits per heavy atom. The molecule has 28 heavy (non-hydrogen) atoms. The molecule has 7 nitrogen and oxygen atoms in total. The Morgan fingerprint density at radius 3 is 2.75 bits per heavy atom. The number of fused-ring (bicyclic) bond motifs is 1. The van der Waals surface area contributed by atoms with Crippen LogP contribution in [0, 0.1) is 0 Å². The molecular weight excluding hydrogens is 394 g/mol. The maximum Gasteiger partial charge on any atom is 0.258 e. The molecule has 0 bridgehead atoms. The first kappa shape index (κ1) is 18.7. The monoisotopic (exact) mass is 413 g/mol. The van der Waals surface area contributed by atoms with E-state index in [0.717, 1.165) is 34.5 Å². The first-order valence-corrected chi connectivity index (χ1v) is 10.8. The van der Waals surface area contributed by atoms with Gasteiger partial charge >= 0.3 is 0 Å². The molecule has 0 aliphatic carbocycles. The van der Waals surface area contributed by atoms with Gasteiger partial charge in [-0.15, -0.1) is 21.5 Å². The van der Waals surface area contributed by atoms with Crippen molar-refractivity contribution in [2.75, 3.05) is 6.61 Å². The van der Waals surface area contributed by atoms with E-state index in [2.05, 4.69) is 26.7 Å². The van der Waals surface area contributed by atoms with Gasteiger partial charge in [-0.2, -0.15) is 0 Å². The third kappa shape index (κ3) is 3.67. The van der Waals surface area contributed by atoms with Crippen LogP contribution < -0.4 is 10.3 Å². The maximum atomic E-state index is 12.1. The topological polar surface area (TPSA) is 74.3 Å². The van der Waals surface area contributed by atoms with Gasteiger partial charge in [-0.25, -0.2) is 4.98 Å². The van der Waals surface area contributed by atoms with Crippen LogP contribution in [0.1, 0.15) is 19.5 Å². The number of hydrogen-bond donors (Lipinski definition) is 0. The average Bonchev–Trinajstić information content (AvgIpc) is 3.34. The number of thiazole rings is 1. The number of nitrogens with zero attached hydrogens (tertiary/aromatic N) is 5. The minimum Gasteiger partial charge on any atom is -0.494 e. The van der Waals surface area contributed by atoms with Crippen molar-refractivity contribution in [3.63, 3.8) is 0 Å². The number of rotatable bonds is 7. The van der Waals surface area contributed by atoms with Gasteiger partial charge in [0.1, 0.15) is 5.75 Å². The van der Waals surface area contributed by atoms with E-state index in [1.54, 1.807) is 16.7 Å². The van der Waals surface area contributed by atoms with Gasteiger partial charge in [0.15, 0.2) is 15.9 Å². The molecule has 0 saturated heterocycles. The summed E-state index contributed by atoms with van der Waals surface area (Å²) in [5, 5.41) is 11.4. The molecule has 3 aromatic heterocycles. The van der Waals surface area contributed by atoms with Crippen LogP contribution in [0.4, 0.5) is 0 Å². The van der Waals surface area contributed by atoms with E-state index in [1.807, 2.05) is 36.6 Å². The molecular formula is C19H19N5O2S2. The smallest absolute Gasteiger partial charge is 0.258 e. The number of thioether (sulfide) groups is 1. The Labute approximate surface area is 170 Å². The highest BCUT2D eigenvalue weighted by molar-refractivity contribution is 7.98. The standard InChI is InChI=1S/C19H19N5O2S2/c1-3-23-17(13-5-7-15(8-6-13)26-4-2)21-22-19(23)28-12-14-11-16(25)24-9-10-27-18(24)20-14/h5-11H,3-4,12H2,1-2H3. The largest absolute Gasteiger partial charge is 0.494 e. The highest BCUT2D eigenvalue weighted by Gasteiger charge is 2.14. The maximum absolute atomic E-state index is 12.1. The Balaban J connectivity index is 1.56. The quantitative estimate of drug-likeness (QED) is 0.430. The van der Waals surface area contributed by atoms with E-state index in [-0.39, 0.29) is 5.56 Å². The first-order valence-electron chi connectivity index (χ1n) is 8.94. The summed E-state index contributed by atoms with van der Waals surface area (Å²) in [6, 6.07) is 9.43. The summed E-state index contributed by atoms with van der Waals surface area (Å²) < 4.78 is 9.12. The zero-order valence-corrected chi connectivity index (χ0v) is 17.2. The molecule has 0 atom stereocenters.